The Hall–Kier alpha value is -2.89. The molecule has 0 unspecified atom stereocenters. The van der Waals surface area contributed by atoms with Gasteiger partial charge in [0.25, 0.3) is 0 Å². The van der Waals surface area contributed by atoms with Crippen LogP contribution < -0.4 is 20.1 Å². The topological polar surface area (TPSA) is 75.1 Å². The van der Waals surface area contributed by atoms with Crippen LogP contribution in [0.4, 0.5) is 0 Å². The molecule has 0 atom stereocenters. The van der Waals surface area contributed by atoms with Gasteiger partial charge >= 0.3 is 0 Å². The molecule has 0 heterocycles. The van der Waals surface area contributed by atoms with Gasteiger partial charge in [-0.3, -0.25) is 0 Å². The Kier molecular flexibility index (Phi) is 7.61. The lowest BCUT2D eigenvalue weighted by atomic mass is 10.1. The third kappa shape index (κ3) is 5.88. The number of nitrogens with one attached hydrogen (secondary N) is 2. The van der Waals surface area contributed by atoms with E-state index in [2.05, 4.69) is 15.6 Å². The third-order valence-corrected chi connectivity index (χ3v) is 3.90. The van der Waals surface area contributed by atoms with Gasteiger partial charge in [-0.15, -0.1) is 0 Å². The zero-order valence-electron chi connectivity index (χ0n) is 15.6. The molecule has 0 spiro atoms. The number of hydrogen-bond donors (Lipinski definition) is 3. The summed E-state index contributed by atoms with van der Waals surface area (Å²) < 4.78 is 10.3. The molecule has 0 amide bonds. The van der Waals surface area contributed by atoms with E-state index in [0.717, 1.165) is 29.4 Å². The minimum atomic E-state index is 0.242. The second-order valence-corrected chi connectivity index (χ2v) is 5.71. The predicted octanol–water partition coefficient (Wildman–Crippen LogP) is 2.71. The summed E-state index contributed by atoms with van der Waals surface area (Å²) in [6.07, 6.45) is 0.683. The lowest BCUT2D eigenvalue weighted by molar-refractivity contribution is 0.406. The van der Waals surface area contributed by atoms with Crippen molar-refractivity contribution >= 4 is 5.96 Å². The molecule has 0 fully saturated rings. The highest BCUT2D eigenvalue weighted by Gasteiger charge is 2.04. The van der Waals surface area contributed by atoms with Gasteiger partial charge in [-0.2, -0.15) is 0 Å². The van der Waals surface area contributed by atoms with E-state index in [1.807, 2.05) is 43.3 Å². The van der Waals surface area contributed by atoms with Crippen molar-refractivity contribution in [3.8, 4) is 17.2 Å². The zero-order valence-corrected chi connectivity index (χ0v) is 15.6. The minimum Gasteiger partial charge on any atom is -0.508 e. The molecule has 0 saturated heterocycles. The molecule has 0 aromatic heterocycles. The van der Waals surface area contributed by atoms with Gasteiger partial charge in [0.2, 0.25) is 0 Å². The monoisotopic (exact) mass is 357 g/mol. The first kappa shape index (κ1) is 19.4. The number of benzene rings is 2. The third-order valence-electron chi connectivity index (χ3n) is 3.90. The molecule has 0 radical (unpaired) electrons. The molecule has 2 rings (SSSR count). The molecule has 26 heavy (non-hydrogen) atoms. The van der Waals surface area contributed by atoms with Crippen LogP contribution in [0, 0.1) is 0 Å². The molecular formula is C20H27N3O3. The first-order chi connectivity index (χ1) is 12.7. The Morgan fingerprint density at radius 3 is 2.31 bits per heavy atom. The number of aliphatic imine (C=N–C) groups is 1. The summed E-state index contributed by atoms with van der Waals surface area (Å²) in [5.74, 6) is 2.47. The van der Waals surface area contributed by atoms with Gasteiger partial charge in [0.15, 0.2) is 5.96 Å². The second-order valence-electron chi connectivity index (χ2n) is 5.71. The van der Waals surface area contributed by atoms with Gasteiger partial charge in [0.1, 0.15) is 17.2 Å². The van der Waals surface area contributed by atoms with Crippen molar-refractivity contribution in [2.45, 2.75) is 19.9 Å². The average molecular weight is 357 g/mol. The Morgan fingerprint density at radius 1 is 1.00 bits per heavy atom. The molecule has 0 saturated carbocycles. The lowest BCUT2D eigenvalue weighted by Crippen LogP contribution is -2.38. The van der Waals surface area contributed by atoms with Crippen LogP contribution in [0.25, 0.3) is 0 Å². The highest BCUT2D eigenvalue weighted by atomic mass is 16.5. The maximum atomic E-state index is 10.0. The predicted molar refractivity (Wildman–Crippen MR) is 104 cm³/mol. The molecular weight excluding hydrogens is 330 g/mol. The molecule has 0 bridgehead atoms. The number of hydrogen-bond acceptors (Lipinski definition) is 4. The summed E-state index contributed by atoms with van der Waals surface area (Å²) in [4.78, 5) is 4.59. The highest BCUT2D eigenvalue weighted by molar-refractivity contribution is 5.79. The molecule has 0 aliphatic rings. The van der Waals surface area contributed by atoms with Crippen molar-refractivity contribution in [2.24, 2.45) is 4.99 Å². The van der Waals surface area contributed by atoms with Crippen molar-refractivity contribution in [1.29, 1.82) is 0 Å². The summed E-state index contributed by atoms with van der Waals surface area (Å²) in [6, 6.07) is 13.2. The average Bonchev–Trinajstić information content (AvgIpc) is 2.67. The lowest BCUT2D eigenvalue weighted by Gasteiger charge is -2.12. The van der Waals surface area contributed by atoms with Crippen LogP contribution in [-0.2, 0) is 13.0 Å². The Balaban J connectivity index is 1.90. The maximum Gasteiger partial charge on any atom is 0.191 e. The van der Waals surface area contributed by atoms with E-state index >= 15 is 0 Å². The van der Waals surface area contributed by atoms with Crippen molar-refractivity contribution in [3.05, 3.63) is 53.6 Å². The maximum absolute atomic E-state index is 10.0. The number of phenolic OH excluding ortho intramolecular Hbond substituents is 1. The number of aromatic hydroxyl groups is 1. The fourth-order valence-electron chi connectivity index (χ4n) is 2.44. The van der Waals surface area contributed by atoms with Gasteiger partial charge in [0, 0.05) is 19.2 Å². The van der Waals surface area contributed by atoms with Crippen molar-refractivity contribution < 1.29 is 14.6 Å². The quantitative estimate of drug-likeness (QED) is 0.500. The normalized spacial score (nSPS) is 11.1. The smallest absolute Gasteiger partial charge is 0.191 e. The molecule has 2 aromatic carbocycles. The highest BCUT2D eigenvalue weighted by Crippen LogP contribution is 2.23. The van der Waals surface area contributed by atoms with Crippen molar-refractivity contribution in [2.75, 3.05) is 27.3 Å². The van der Waals surface area contributed by atoms with E-state index in [1.165, 1.54) is 0 Å². The van der Waals surface area contributed by atoms with Crippen LogP contribution in [0.1, 0.15) is 18.1 Å². The van der Waals surface area contributed by atoms with Crippen LogP contribution in [-0.4, -0.2) is 38.4 Å². The SMILES string of the molecule is CCNC(=NCc1ccc(OC)cc1)NCCc1ccc(OC)cc1O. The largest absolute Gasteiger partial charge is 0.508 e. The van der Waals surface area contributed by atoms with Crippen LogP contribution >= 0.6 is 0 Å². The van der Waals surface area contributed by atoms with Gasteiger partial charge < -0.3 is 25.2 Å². The Labute approximate surface area is 154 Å². The Bertz CT molecular complexity index is 715. The van der Waals surface area contributed by atoms with E-state index in [1.54, 1.807) is 20.3 Å². The van der Waals surface area contributed by atoms with E-state index in [-0.39, 0.29) is 5.75 Å². The number of rotatable bonds is 8. The number of methoxy groups -OCH3 is 2. The standard InChI is InChI=1S/C20H27N3O3/c1-4-21-20(23-14-15-5-8-17(25-2)9-6-15)22-12-11-16-7-10-18(26-3)13-19(16)24/h5-10,13,24H,4,11-12,14H2,1-3H3,(H2,21,22,23). The van der Waals surface area contributed by atoms with E-state index in [4.69, 9.17) is 9.47 Å². The van der Waals surface area contributed by atoms with Crippen LogP contribution in [0.2, 0.25) is 0 Å². The first-order valence-electron chi connectivity index (χ1n) is 8.67. The van der Waals surface area contributed by atoms with Gasteiger partial charge in [-0.05, 0) is 42.7 Å². The fraction of sp³-hybridized carbons (Fsp3) is 0.350. The van der Waals surface area contributed by atoms with E-state index in [9.17, 15) is 5.11 Å². The summed E-state index contributed by atoms with van der Waals surface area (Å²) in [6.45, 7) is 4.05. The summed E-state index contributed by atoms with van der Waals surface area (Å²) in [5.41, 5.74) is 1.97. The summed E-state index contributed by atoms with van der Waals surface area (Å²) in [5, 5.41) is 16.5. The van der Waals surface area contributed by atoms with Crippen molar-refractivity contribution in [3.63, 3.8) is 0 Å². The molecule has 3 N–H and O–H groups in total. The van der Waals surface area contributed by atoms with Gasteiger partial charge in [-0.25, -0.2) is 4.99 Å². The van der Waals surface area contributed by atoms with Gasteiger partial charge in [0.05, 0.1) is 20.8 Å². The first-order valence-corrected chi connectivity index (χ1v) is 8.67. The number of phenols is 1. The number of nitrogens with zero attached hydrogens (tertiary/aromatic N) is 1. The summed E-state index contributed by atoms with van der Waals surface area (Å²) >= 11 is 0. The van der Waals surface area contributed by atoms with E-state index in [0.29, 0.717) is 25.3 Å². The number of ether oxygens (including phenoxy) is 2. The molecule has 6 heteroatoms. The zero-order chi connectivity index (χ0) is 18.8. The van der Waals surface area contributed by atoms with Crippen LogP contribution in [0.15, 0.2) is 47.5 Å². The summed E-state index contributed by atoms with van der Waals surface area (Å²) in [7, 11) is 3.24. The number of guanidine groups is 1. The van der Waals surface area contributed by atoms with Crippen LogP contribution in [0.5, 0.6) is 17.2 Å². The Morgan fingerprint density at radius 2 is 1.69 bits per heavy atom. The fourth-order valence-corrected chi connectivity index (χ4v) is 2.44. The van der Waals surface area contributed by atoms with Crippen molar-refractivity contribution in [1.82, 2.24) is 10.6 Å². The second kappa shape index (κ2) is 10.2. The molecule has 140 valence electrons. The molecule has 0 aliphatic heterocycles. The molecule has 2 aromatic rings. The van der Waals surface area contributed by atoms with E-state index < -0.39 is 0 Å². The van der Waals surface area contributed by atoms with Gasteiger partial charge in [-0.1, -0.05) is 18.2 Å². The molecule has 0 aliphatic carbocycles. The molecule has 6 nitrogen and oxygen atoms in total. The van der Waals surface area contributed by atoms with Crippen LogP contribution in [0.3, 0.4) is 0 Å². The minimum absolute atomic E-state index is 0.242.